The standard InChI is InChI=1S/C21H16BrN3O5/c1-29-20-11-14(13-23-24-17-6-8-18(9-7-17)25(27)28)5-10-19(20)30-21(26)15-3-2-4-16(22)12-15/h2-13,24H,1H3/b23-13-. The number of nitro groups is 1. The maximum atomic E-state index is 12.3. The molecule has 9 heteroatoms. The number of anilines is 1. The number of ether oxygens (including phenoxy) is 2. The number of hydrogen-bond acceptors (Lipinski definition) is 7. The number of hydrazone groups is 1. The van der Waals surface area contributed by atoms with Crippen molar-refractivity contribution in [3.05, 3.63) is 92.4 Å². The summed E-state index contributed by atoms with van der Waals surface area (Å²) in [6.45, 7) is 0. The number of carbonyl (C=O) groups is 1. The van der Waals surface area contributed by atoms with Crippen molar-refractivity contribution in [3.63, 3.8) is 0 Å². The summed E-state index contributed by atoms with van der Waals surface area (Å²) in [5.74, 6) is 0.149. The molecule has 0 saturated carbocycles. The number of hydrogen-bond donors (Lipinski definition) is 1. The number of carbonyl (C=O) groups excluding carboxylic acids is 1. The van der Waals surface area contributed by atoms with Crippen LogP contribution in [0.1, 0.15) is 15.9 Å². The van der Waals surface area contributed by atoms with Crippen LogP contribution >= 0.6 is 15.9 Å². The Kier molecular flexibility index (Phi) is 6.76. The zero-order valence-electron chi connectivity index (χ0n) is 15.7. The zero-order chi connectivity index (χ0) is 21.5. The highest BCUT2D eigenvalue weighted by Crippen LogP contribution is 2.28. The molecule has 1 N–H and O–H groups in total. The first kappa shape index (κ1) is 21.0. The van der Waals surface area contributed by atoms with Crippen LogP contribution in [-0.2, 0) is 0 Å². The summed E-state index contributed by atoms with van der Waals surface area (Å²) in [6, 6.07) is 17.8. The van der Waals surface area contributed by atoms with Crippen LogP contribution in [0.5, 0.6) is 11.5 Å². The van der Waals surface area contributed by atoms with E-state index in [0.717, 1.165) is 4.47 Å². The molecule has 3 aromatic carbocycles. The molecule has 0 atom stereocenters. The van der Waals surface area contributed by atoms with E-state index >= 15 is 0 Å². The maximum absolute atomic E-state index is 12.3. The van der Waals surface area contributed by atoms with E-state index in [4.69, 9.17) is 9.47 Å². The number of halogens is 1. The average Bonchev–Trinajstić information content (AvgIpc) is 2.75. The van der Waals surface area contributed by atoms with Crippen molar-refractivity contribution in [2.75, 3.05) is 12.5 Å². The Morgan fingerprint density at radius 3 is 2.53 bits per heavy atom. The largest absolute Gasteiger partial charge is 0.493 e. The van der Waals surface area contributed by atoms with Gasteiger partial charge >= 0.3 is 5.97 Å². The third-order valence-corrected chi connectivity index (χ3v) is 4.43. The van der Waals surface area contributed by atoms with Crippen LogP contribution in [-0.4, -0.2) is 24.2 Å². The Morgan fingerprint density at radius 2 is 1.87 bits per heavy atom. The summed E-state index contributed by atoms with van der Waals surface area (Å²) in [6.07, 6.45) is 1.55. The van der Waals surface area contributed by atoms with E-state index in [0.29, 0.717) is 22.6 Å². The third kappa shape index (κ3) is 5.42. The Bertz CT molecular complexity index is 1100. The molecule has 0 aliphatic carbocycles. The number of nitrogens with zero attached hydrogens (tertiary/aromatic N) is 2. The Labute approximate surface area is 180 Å². The van der Waals surface area contributed by atoms with Gasteiger partial charge in [0.05, 0.1) is 29.5 Å². The van der Waals surface area contributed by atoms with Crippen molar-refractivity contribution in [2.24, 2.45) is 5.10 Å². The summed E-state index contributed by atoms with van der Waals surface area (Å²) in [7, 11) is 1.47. The molecule has 30 heavy (non-hydrogen) atoms. The number of nitro benzene ring substituents is 1. The van der Waals surface area contributed by atoms with Crippen molar-refractivity contribution in [2.45, 2.75) is 0 Å². The van der Waals surface area contributed by atoms with Crippen LogP contribution in [0.2, 0.25) is 0 Å². The fourth-order valence-corrected chi connectivity index (χ4v) is 2.86. The molecule has 0 radical (unpaired) electrons. The van der Waals surface area contributed by atoms with Crippen LogP contribution in [0.25, 0.3) is 0 Å². The molecule has 0 aliphatic heterocycles. The van der Waals surface area contributed by atoms with Gasteiger partial charge in [0.2, 0.25) is 0 Å². The van der Waals surface area contributed by atoms with Crippen molar-refractivity contribution in [3.8, 4) is 11.5 Å². The van der Waals surface area contributed by atoms with Crippen LogP contribution in [0, 0.1) is 10.1 Å². The first-order valence-corrected chi connectivity index (χ1v) is 9.45. The molecular weight excluding hydrogens is 454 g/mol. The Hall–Kier alpha value is -3.72. The Balaban J connectivity index is 1.68. The van der Waals surface area contributed by atoms with Gasteiger partial charge in [-0.15, -0.1) is 0 Å². The third-order valence-electron chi connectivity index (χ3n) is 3.94. The van der Waals surface area contributed by atoms with Crippen molar-refractivity contribution < 1.29 is 19.2 Å². The molecule has 0 aromatic heterocycles. The van der Waals surface area contributed by atoms with Crippen molar-refractivity contribution in [1.82, 2.24) is 0 Å². The fourth-order valence-electron chi connectivity index (χ4n) is 2.46. The summed E-state index contributed by atoms with van der Waals surface area (Å²) < 4.78 is 11.5. The van der Waals surface area contributed by atoms with Crippen LogP contribution in [0.4, 0.5) is 11.4 Å². The lowest BCUT2D eigenvalue weighted by Gasteiger charge is -2.10. The number of esters is 1. The molecule has 0 fully saturated rings. The van der Waals surface area contributed by atoms with E-state index in [-0.39, 0.29) is 11.4 Å². The highest BCUT2D eigenvalue weighted by molar-refractivity contribution is 9.10. The minimum absolute atomic E-state index is 0.00209. The lowest BCUT2D eigenvalue weighted by atomic mass is 10.2. The molecule has 0 spiro atoms. The predicted octanol–water partition coefficient (Wildman–Crippen LogP) is 5.03. The van der Waals surface area contributed by atoms with Crippen LogP contribution in [0.3, 0.4) is 0 Å². The van der Waals surface area contributed by atoms with Crippen LogP contribution in [0.15, 0.2) is 76.3 Å². The molecule has 0 saturated heterocycles. The molecule has 0 amide bonds. The van der Waals surface area contributed by atoms with Gasteiger partial charge in [-0.1, -0.05) is 22.0 Å². The number of benzene rings is 3. The Morgan fingerprint density at radius 1 is 1.10 bits per heavy atom. The van der Waals surface area contributed by atoms with Gasteiger partial charge in [0.15, 0.2) is 11.5 Å². The van der Waals surface area contributed by atoms with Gasteiger partial charge in [-0.25, -0.2) is 4.79 Å². The van der Waals surface area contributed by atoms with Crippen molar-refractivity contribution >= 4 is 39.5 Å². The second-order valence-corrected chi connectivity index (χ2v) is 6.90. The number of methoxy groups -OCH3 is 1. The topological polar surface area (TPSA) is 103 Å². The molecule has 8 nitrogen and oxygen atoms in total. The van der Waals surface area contributed by atoms with Gasteiger partial charge in [0.1, 0.15) is 0 Å². The zero-order valence-corrected chi connectivity index (χ0v) is 17.3. The quantitative estimate of drug-likeness (QED) is 0.171. The van der Waals surface area contributed by atoms with E-state index in [9.17, 15) is 14.9 Å². The highest BCUT2D eigenvalue weighted by atomic mass is 79.9. The number of non-ortho nitro benzene ring substituents is 1. The molecule has 0 bridgehead atoms. The number of rotatable bonds is 7. The average molecular weight is 470 g/mol. The van der Waals surface area contributed by atoms with Gasteiger partial charge < -0.3 is 9.47 Å². The first-order chi connectivity index (χ1) is 14.5. The summed E-state index contributed by atoms with van der Waals surface area (Å²) in [4.78, 5) is 22.5. The summed E-state index contributed by atoms with van der Waals surface area (Å²) in [5, 5.41) is 14.8. The first-order valence-electron chi connectivity index (χ1n) is 8.65. The fraction of sp³-hybridized carbons (Fsp3) is 0.0476. The van der Waals surface area contributed by atoms with E-state index in [1.54, 1.807) is 54.7 Å². The monoisotopic (exact) mass is 469 g/mol. The van der Waals surface area contributed by atoms with Crippen LogP contribution < -0.4 is 14.9 Å². The van der Waals surface area contributed by atoms with Gasteiger partial charge in [-0.05, 0) is 54.1 Å². The minimum atomic E-state index is -0.504. The van der Waals surface area contributed by atoms with Gasteiger partial charge in [-0.3, -0.25) is 15.5 Å². The van der Waals surface area contributed by atoms with Gasteiger partial charge in [0, 0.05) is 16.6 Å². The lowest BCUT2D eigenvalue weighted by Crippen LogP contribution is -2.09. The minimum Gasteiger partial charge on any atom is -0.493 e. The second-order valence-electron chi connectivity index (χ2n) is 5.98. The lowest BCUT2D eigenvalue weighted by molar-refractivity contribution is -0.384. The van der Waals surface area contributed by atoms with Crippen molar-refractivity contribution in [1.29, 1.82) is 0 Å². The molecule has 0 unspecified atom stereocenters. The number of nitrogens with one attached hydrogen (secondary N) is 1. The van der Waals surface area contributed by atoms with E-state index in [2.05, 4.69) is 26.5 Å². The van der Waals surface area contributed by atoms with Gasteiger partial charge in [0.25, 0.3) is 5.69 Å². The SMILES string of the molecule is COc1cc(/C=N\Nc2ccc([N+](=O)[O-])cc2)ccc1OC(=O)c1cccc(Br)c1. The highest BCUT2D eigenvalue weighted by Gasteiger charge is 2.13. The molecular formula is C21H16BrN3O5. The molecule has 3 aromatic rings. The molecule has 0 aliphatic rings. The van der Waals surface area contributed by atoms with E-state index < -0.39 is 10.9 Å². The smallest absolute Gasteiger partial charge is 0.343 e. The second kappa shape index (κ2) is 9.66. The maximum Gasteiger partial charge on any atom is 0.343 e. The molecule has 3 rings (SSSR count). The predicted molar refractivity (Wildman–Crippen MR) is 116 cm³/mol. The summed E-state index contributed by atoms with van der Waals surface area (Å²) in [5.41, 5.74) is 4.49. The normalized spacial score (nSPS) is 10.6. The van der Waals surface area contributed by atoms with E-state index in [1.165, 1.54) is 19.2 Å². The van der Waals surface area contributed by atoms with E-state index in [1.807, 2.05) is 6.07 Å². The summed E-state index contributed by atoms with van der Waals surface area (Å²) >= 11 is 3.32. The van der Waals surface area contributed by atoms with Gasteiger partial charge in [-0.2, -0.15) is 5.10 Å². The molecule has 152 valence electrons. The molecule has 0 heterocycles.